The van der Waals surface area contributed by atoms with E-state index in [1.165, 1.54) is 12.1 Å². The van der Waals surface area contributed by atoms with Crippen LogP contribution in [0.4, 0.5) is 10.2 Å². The molecule has 0 unspecified atom stereocenters. The lowest BCUT2D eigenvalue weighted by atomic mass is 10.2. The third-order valence-electron chi connectivity index (χ3n) is 3.79. The van der Waals surface area contributed by atoms with Gasteiger partial charge in [-0.15, -0.1) is 11.3 Å². The van der Waals surface area contributed by atoms with Gasteiger partial charge >= 0.3 is 5.97 Å². The Bertz CT molecular complexity index is 989. The number of carbonyl (C=O) groups is 1. The summed E-state index contributed by atoms with van der Waals surface area (Å²) in [6.45, 7) is 0.557. The Kier molecular flexibility index (Phi) is 4.18. The second-order valence-corrected chi connectivity index (χ2v) is 6.55. The lowest BCUT2D eigenvalue weighted by Gasteiger charge is -2.05. The molecule has 0 radical (unpaired) electrons. The van der Waals surface area contributed by atoms with Crippen LogP contribution in [0.25, 0.3) is 10.6 Å². The number of hydrogen-bond acceptors (Lipinski definition) is 6. The molecule has 6 nitrogen and oxygen atoms in total. The number of rotatable bonds is 5. The van der Waals surface area contributed by atoms with E-state index in [1.807, 2.05) is 12.1 Å². The average Bonchev–Trinajstić information content (AvgIpc) is 3.26. The van der Waals surface area contributed by atoms with E-state index < -0.39 is 11.8 Å². The predicted molar refractivity (Wildman–Crippen MR) is 94.4 cm³/mol. The molecule has 8 heteroatoms. The Morgan fingerprint density at radius 1 is 1.23 bits per heavy atom. The van der Waals surface area contributed by atoms with Gasteiger partial charge in [0.15, 0.2) is 22.2 Å². The number of aromatic carboxylic acids is 1. The molecule has 1 aliphatic rings. The molecule has 0 saturated heterocycles. The van der Waals surface area contributed by atoms with E-state index in [9.17, 15) is 14.3 Å². The van der Waals surface area contributed by atoms with Gasteiger partial charge in [-0.2, -0.15) is 0 Å². The molecule has 0 atom stereocenters. The first-order valence-electron chi connectivity index (χ1n) is 7.72. The molecule has 2 N–H and O–H groups in total. The number of fused-ring (bicyclic) bond motifs is 1. The van der Waals surface area contributed by atoms with Gasteiger partial charge in [-0.1, -0.05) is 18.2 Å². The van der Waals surface area contributed by atoms with E-state index in [2.05, 4.69) is 10.3 Å². The van der Waals surface area contributed by atoms with Crippen molar-refractivity contribution >= 4 is 23.1 Å². The number of thiazole rings is 1. The molecular weight excluding hydrogens is 359 g/mol. The van der Waals surface area contributed by atoms with Gasteiger partial charge in [0.1, 0.15) is 10.8 Å². The van der Waals surface area contributed by atoms with Crippen molar-refractivity contribution in [2.24, 2.45) is 0 Å². The Balaban J connectivity index is 1.58. The van der Waals surface area contributed by atoms with Gasteiger partial charge in [-0.3, -0.25) is 0 Å². The summed E-state index contributed by atoms with van der Waals surface area (Å²) in [4.78, 5) is 15.9. The fourth-order valence-electron chi connectivity index (χ4n) is 2.57. The Morgan fingerprint density at radius 3 is 2.88 bits per heavy atom. The average molecular weight is 372 g/mol. The molecule has 2 heterocycles. The highest BCUT2D eigenvalue weighted by Gasteiger charge is 2.19. The summed E-state index contributed by atoms with van der Waals surface area (Å²) in [6, 6.07) is 11.4. The van der Waals surface area contributed by atoms with Gasteiger partial charge in [0.05, 0.1) is 0 Å². The zero-order valence-electron chi connectivity index (χ0n) is 13.4. The Hall–Kier alpha value is -3.13. The number of carboxylic acid groups (broad SMARTS) is 1. The largest absolute Gasteiger partial charge is 0.477 e. The zero-order chi connectivity index (χ0) is 18.1. The van der Waals surface area contributed by atoms with Crippen molar-refractivity contribution in [3.05, 3.63) is 58.7 Å². The third-order valence-corrected chi connectivity index (χ3v) is 4.88. The first-order valence-corrected chi connectivity index (χ1v) is 8.54. The third kappa shape index (κ3) is 3.18. The van der Waals surface area contributed by atoms with Crippen LogP contribution in [0.5, 0.6) is 11.5 Å². The smallest absolute Gasteiger partial charge is 0.349 e. The normalized spacial score (nSPS) is 12.2. The number of anilines is 1. The molecule has 3 aromatic rings. The van der Waals surface area contributed by atoms with Crippen LogP contribution in [0.3, 0.4) is 0 Å². The van der Waals surface area contributed by atoms with Crippen LogP contribution in [-0.2, 0) is 6.54 Å². The van der Waals surface area contributed by atoms with Gasteiger partial charge in [0, 0.05) is 12.1 Å². The summed E-state index contributed by atoms with van der Waals surface area (Å²) in [6.07, 6.45) is 0. The van der Waals surface area contributed by atoms with Crippen LogP contribution >= 0.6 is 11.3 Å². The minimum absolute atomic E-state index is 0.0741. The first-order chi connectivity index (χ1) is 12.6. The lowest BCUT2D eigenvalue weighted by molar-refractivity contribution is 0.0703. The number of aromatic nitrogens is 1. The lowest BCUT2D eigenvalue weighted by Crippen LogP contribution is -2.04. The fourth-order valence-corrected chi connectivity index (χ4v) is 3.44. The molecule has 0 aliphatic carbocycles. The molecule has 0 fully saturated rings. The van der Waals surface area contributed by atoms with E-state index in [-0.39, 0.29) is 17.5 Å². The second-order valence-electron chi connectivity index (χ2n) is 5.55. The van der Waals surface area contributed by atoms with Crippen molar-refractivity contribution in [3.8, 4) is 22.1 Å². The molecule has 4 rings (SSSR count). The molecule has 0 spiro atoms. The van der Waals surface area contributed by atoms with Gasteiger partial charge in [0.2, 0.25) is 6.79 Å². The minimum atomic E-state index is -1.08. The number of hydrogen-bond donors (Lipinski definition) is 2. The summed E-state index contributed by atoms with van der Waals surface area (Å²) in [5.41, 5.74) is 1.43. The number of ether oxygens (including phenoxy) is 2. The molecule has 1 aromatic heterocycles. The van der Waals surface area contributed by atoms with E-state index >= 15 is 0 Å². The van der Waals surface area contributed by atoms with Gasteiger partial charge in [0.25, 0.3) is 0 Å². The second kappa shape index (κ2) is 6.64. The van der Waals surface area contributed by atoms with E-state index in [4.69, 9.17) is 9.47 Å². The summed E-state index contributed by atoms with van der Waals surface area (Å²) in [7, 11) is 0. The van der Waals surface area contributed by atoms with Gasteiger partial charge in [-0.05, 0) is 29.8 Å². The highest BCUT2D eigenvalue weighted by Crippen LogP contribution is 2.34. The van der Waals surface area contributed by atoms with Crippen LogP contribution in [0.15, 0.2) is 42.5 Å². The molecule has 2 aromatic carbocycles. The number of nitrogens with one attached hydrogen (secondary N) is 1. The maximum Gasteiger partial charge on any atom is 0.349 e. The molecule has 26 heavy (non-hydrogen) atoms. The molecule has 0 amide bonds. The van der Waals surface area contributed by atoms with E-state index in [1.54, 1.807) is 18.2 Å². The molecule has 0 saturated carbocycles. The molecule has 1 aliphatic heterocycles. The zero-order valence-corrected chi connectivity index (χ0v) is 14.2. The summed E-state index contributed by atoms with van der Waals surface area (Å²) < 4.78 is 24.0. The van der Waals surface area contributed by atoms with Crippen LogP contribution in [0, 0.1) is 5.82 Å². The quantitative estimate of drug-likeness (QED) is 0.705. The summed E-state index contributed by atoms with van der Waals surface area (Å²) >= 11 is 1.00. The Morgan fingerprint density at radius 2 is 2.08 bits per heavy atom. The Labute approximate surface area is 151 Å². The van der Waals surface area contributed by atoms with Crippen molar-refractivity contribution in [3.63, 3.8) is 0 Å². The highest BCUT2D eigenvalue weighted by atomic mass is 32.1. The molecule has 132 valence electrons. The van der Waals surface area contributed by atoms with Crippen molar-refractivity contribution in [2.75, 3.05) is 12.1 Å². The molecular formula is C18H13FN2O4S. The van der Waals surface area contributed by atoms with Crippen molar-refractivity contribution in [1.29, 1.82) is 0 Å². The number of carboxylic acids is 1. The topological polar surface area (TPSA) is 80.7 Å². The van der Waals surface area contributed by atoms with E-state index in [0.717, 1.165) is 16.9 Å². The fraction of sp³-hybridized carbons (Fsp3) is 0.111. The van der Waals surface area contributed by atoms with Crippen LogP contribution in [0.1, 0.15) is 15.2 Å². The monoisotopic (exact) mass is 372 g/mol. The molecule has 0 bridgehead atoms. The number of benzene rings is 2. The number of halogens is 1. The highest BCUT2D eigenvalue weighted by molar-refractivity contribution is 7.17. The van der Waals surface area contributed by atoms with Crippen molar-refractivity contribution in [1.82, 2.24) is 4.98 Å². The van der Waals surface area contributed by atoms with Crippen LogP contribution < -0.4 is 14.8 Å². The van der Waals surface area contributed by atoms with Crippen molar-refractivity contribution in [2.45, 2.75) is 6.54 Å². The maximum absolute atomic E-state index is 13.4. The maximum atomic E-state index is 13.4. The van der Waals surface area contributed by atoms with E-state index in [0.29, 0.717) is 28.6 Å². The standard InChI is InChI=1S/C18H13FN2O4S/c19-12-3-1-2-11(7-12)17-21-16(15(26-17)18(22)23)20-8-10-4-5-13-14(6-10)25-9-24-13/h1-7,20H,8-9H2,(H,22,23). The summed E-state index contributed by atoms with van der Waals surface area (Å²) in [5.74, 6) is 0.103. The van der Waals surface area contributed by atoms with Crippen molar-refractivity contribution < 1.29 is 23.8 Å². The predicted octanol–water partition coefficient (Wildman–Crippen LogP) is 3.99. The van der Waals surface area contributed by atoms with Gasteiger partial charge in [-0.25, -0.2) is 14.2 Å². The minimum Gasteiger partial charge on any atom is -0.477 e. The van der Waals surface area contributed by atoms with Gasteiger partial charge < -0.3 is 19.9 Å². The van der Waals surface area contributed by atoms with Crippen LogP contribution in [-0.4, -0.2) is 22.9 Å². The SMILES string of the molecule is O=C(O)c1sc(-c2cccc(F)c2)nc1NCc1ccc2c(c1)OCO2. The number of nitrogens with zero attached hydrogens (tertiary/aromatic N) is 1. The van der Waals surface area contributed by atoms with Crippen LogP contribution in [0.2, 0.25) is 0 Å². The summed E-state index contributed by atoms with van der Waals surface area (Å²) in [5, 5.41) is 12.9. The first kappa shape index (κ1) is 16.3.